The maximum Gasteiger partial charge on any atom is 0.311 e. The third-order valence-electron chi connectivity index (χ3n) is 2.77. The van der Waals surface area contributed by atoms with E-state index in [1.165, 1.54) is 12.1 Å². The summed E-state index contributed by atoms with van der Waals surface area (Å²) in [6, 6.07) is 6.34. The van der Waals surface area contributed by atoms with Crippen molar-refractivity contribution in [1.29, 1.82) is 0 Å². The lowest BCUT2D eigenvalue weighted by atomic mass is 10.1. The Hall–Kier alpha value is -2.17. The Bertz CT molecular complexity index is 592. The number of nitrogens with zero attached hydrogens (tertiary/aromatic N) is 1. The Kier molecular flexibility index (Phi) is 3.94. The quantitative estimate of drug-likeness (QED) is 0.900. The fourth-order valence-electron chi connectivity index (χ4n) is 1.84. The Morgan fingerprint density at radius 2 is 2.21 bits per heavy atom. The van der Waals surface area contributed by atoms with Crippen LogP contribution in [-0.2, 0) is 24.1 Å². The number of carboxylic acids is 1. The Morgan fingerprint density at radius 3 is 2.89 bits per heavy atom. The first-order valence-corrected chi connectivity index (χ1v) is 5.96. The summed E-state index contributed by atoms with van der Waals surface area (Å²) in [5, 5.41) is 8.71. The van der Waals surface area contributed by atoms with E-state index >= 15 is 0 Å². The fourth-order valence-corrected chi connectivity index (χ4v) is 1.84. The second-order valence-corrected chi connectivity index (χ2v) is 4.32. The fraction of sp³-hybridized carbons (Fsp3) is 0.286. The van der Waals surface area contributed by atoms with Crippen LogP contribution in [-0.4, -0.2) is 16.1 Å². The maximum absolute atomic E-state index is 13.0. The molecule has 1 aromatic heterocycles. The molecule has 2 aromatic rings. The molecular weight excluding hydrogens is 249 g/mol. The van der Waals surface area contributed by atoms with E-state index in [1.54, 1.807) is 13.0 Å². The van der Waals surface area contributed by atoms with E-state index in [-0.39, 0.29) is 12.2 Å². The third kappa shape index (κ3) is 3.64. The van der Waals surface area contributed by atoms with Crippen molar-refractivity contribution in [3.8, 4) is 0 Å². The molecule has 1 N–H and O–H groups in total. The van der Waals surface area contributed by atoms with E-state index in [0.717, 1.165) is 5.56 Å². The van der Waals surface area contributed by atoms with Crippen LogP contribution in [0.25, 0.3) is 0 Å². The van der Waals surface area contributed by atoms with Gasteiger partial charge in [-0.25, -0.2) is 9.37 Å². The highest BCUT2D eigenvalue weighted by Gasteiger charge is 2.12. The van der Waals surface area contributed by atoms with Crippen LogP contribution in [0.15, 0.2) is 28.7 Å². The molecule has 0 atom stereocenters. The zero-order valence-electron chi connectivity index (χ0n) is 10.5. The molecule has 0 fully saturated rings. The number of halogens is 1. The number of hydrogen-bond donors (Lipinski definition) is 1. The number of aryl methyl sites for hydroxylation is 3. The molecule has 0 saturated carbocycles. The molecule has 0 unspecified atom stereocenters. The summed E-state index contributed by atoms with van der Waals surface area (Å²) >= 11 is 0. The van der Waals surface area contributed by atoms with Crippen molar-refractivity contribution in [1.82, 2.24) is 4.98 Å². The first kappa shape index (κ1) is 13.3. The molecule has 4 nitrogen and oxygen atoms in total. The standard InChI is InChI=1S/C14H14FNO3/c1-9-12(8-14(17)18)19-13(16-9)6-5-10-3-2-4-11(15)7-10/h2-4,7H,5-6,8H2,1H3,(H,17,18). The molecule has 0 aliphatic carbocycles. The van der Waals surface area contributed by atoms with Gasteiger partial charge in [0.1, 0.15) is 18.0 Å². The molecule has 1 aromatic carbocycles. The number of carbonyl (C=O) groups is 1. The van der Waals surface area contributed by atoms with Gasteiger partial charge in [0.2, 0.25) is 0 Å². The molecule has 5 heteroatoms. The maximum atomic E-state index is 13.0. The van der Waals surface area contributed by atoms with Gasteiger partial charge >= 0.3 is 5.97 Å². The van der Waals surface area contributed by atoms with Crippen LogP contribution in [0.4, 0.5) is 4.39 Å². The van der Waals surface area contributed by atoms with Gasteiger partial charge in [0, 0.05) is 6.42 Å². The van der Waals surface area contributed by atoms with Gasteiger partial charge in [-0.1, -0.05) is 12.1 Å². The largest absolute Gasteiger partial charge is 0.481 e. The van der Waals surface area contributed by atoms with Crippen molar-refractivity contribution in [3.63, 3.8) is 0 Å². The minimum Gasteiger partial charge on any atom is -0.481 e. The summed E-state index contributed by atoms with van der Waals surface area (Å²) in [5.74, 6) is -0.358. The number of aliphatic carboxylic acids is 1. The van der Waals surface area contributed by atoms with E-state index in [2.05, 4.69) is 4.98 Å². The minimum absolute atomic E-state index is 0.168. The van der Waals surface area contributed by atoms with Crippen LogP contribution in [0.1, 0.15) is 22.9 Å². The van der Waals surface area contributed by atoms with Crippen LogP contribution in [0.2, 0.25) is 0 Å². The van der Waals surface area contributed by atoms with Gasteiger partial charge in [-0.15, -0.1) is 0 Å². The van der Waals surface area contributed by atoms with Crippen molar-refractivity contribution < 1.29 is 18.7 Å². The molecule has 100 valence electrons. The molecule has 0 spiro atoms. The number of hydrogen-bond acceptors (Lipinski definition) is 3. The molecule has 0 aliphatic rings. The lowest BCUT2D eigenvalue weighted by Crippen LogP contribution is -1.99. The van der Waals surface area contributed by atoms with E-state index in [4.69, 9.17) is 9.52 Å². The van der Waals surface area contributed by atoms with Crippen LogP contribution >= 0.6 is 0 Å². The smallest absolute Gasteiger partial charge is 0.311 e. The highest BCUT2D eigenvalue weighted by atomic mass is 19.1. The molecule has 0 saturated heterocycles. The normalized spacial score (nSPS) is 10.6. The predicted molar refractivity (Wildman–Crippen MR) is 66.4 cm³/mol. The molecule has 0 aliphatic heterocycles. The molecule has 0 amide bonds. The molecular formula is C14H14FNO3. The zero-order chi connectivity index (χ0) is 13.8. The third-order valence-corrected chi connectivity index (χ3v) is 2.77. The summed E-state index contributed by atoms with van der Waals surface area (Å²) in [5.41, 5.74) is 1.45. The summed E-state index contributed by atoms with van der Waals surface area (Å²) in [7, 11) is 0. The summed E-state index contributed by atoms with van der Waals surface area (Å²) in [4.78, 5) is 14.8. The number of oxazole rings is 1. The van der Waals surface area contributed by atoms with E-state index in [9.17, 15) is 9.18 Å². The van der Waals surface area contributed by atoms with Gasteiger partial charge in [-0.3, -0.25) is 4.79 Å². The zero-order valence-corrected chi connectivity index (χ0v) is 10.5. The van der Waals surface area contributed by atoms with E-state index in [0.29, 0.717) is 30.2 Å². The molecule has 2 rings (SSSR count). The summed E-state index contributed by atoms with van der Waals surface area (Å²) in [6.07, 6.45) is 0.951. The van der Waals surface area contributed by atoms with Gasteiger partial charge in [0.15, 0.2) is 5.89 Å². The Labute approximate surface area is 109 Å². The number of benzene rings is 1. The van der Waals surface area contributed by atoms with Crippen LogP contribution in [0.3, 0.4) is 0 Å². The van der Waals surface area contributed by atoms with Crippen molar-refractivity contribution in [3.05, 3.63) is 53.0 Å². The van der Waals surface area contributed by atoms with Crippen LogP contribution < -0.4 is 0 Å². The van der Waals surface area contributed by atoms with Crippen molar-refractivity contribution >= 4 is 5.97 Å². The lowest BCUT2D eigenvalue weighted by molar-refractivity contribution is -0.136. The van der Waals surface area contributed by atoms with Gasteiger partial charge in [-0.2, -0.15) is 0 Å². The van der Waals surface area contributed by atoms with Crippen molar-refractivity contribution in [2.24, 2.45) is 0 Å². The first-order chi connectivity index (χ1) is 9.04. The minimum atomic E-state index is -0.948. The van der Waals surface area contributed by atoms with Gasteiger partial charge in [-0.05, 0) is 31.0 Å². The summed E-state index contributed by atoms with van der Waals surface area (Å²) < 4.78 is 18.4. The second kappa shape index (κ2) is 5.65. The molecule has 0 radical (unpaired) electrons. The average molecular weight is 263 g/mol. The Balaban J connectivity index is 2.02. The molecule has 0 bridgehead atoms. The SMILES string of the molecule is Cc1nc(CCc2cccc(F)c2)oc1CC(=O)O. The highest BCUT2D eigenvalue weighted by Crippen LogP contribution is 2.14. The number of aromatic nitrogens is 1. The van der Waals surface area contributed by atoms with E-state index in [1.807, 2.05) is 6.07 Å². The van der Waals surface area contributed by atoms with Gasteiger partial charge in [0.05, 0.1) is 5.69 Å². The predicted octanol–water partition coefficient (Wildman–Crippen LogP) is 2.53. The van der Waals surface area contributed by atoms with Crippen molar-refractivity contribution in [2.45, 2.75) is 26.2 Å². The highest BCUT2D eigenvalue weighted by molar-refractivity contribution is 5.69. The monoisotopic (exact) mass is 263 g/mol. The average Bonchev–Trinajstić information content (AvgIpc) is 2.67. The Morgan fingerprint density at radius 1 is 1.42 bits per heavy atom. The van der Waals surface area contributed by atoms with Crippen LogP contribution in [0, 0.1) is 12.7 Å². The van der Waals surface area contributed by atoms with Gasteiger partial charge in [0.25, 0.3) is 0 Å². The number of rotatable bonds is 5. The number of carboxylic acid groups (broad SMARTS) is 1. The second-order valence-electron chi connectivity index (χ2n) is 4.32. The lowest BCUT2D eigenvalue weighted by Gasteiger charge is -1.98. The van der Waals surface area contributed by atoms with E-state index < -0.39 is 5.97 Å². The first-order valence-electron chi connectivity index (χ1n) is 5.96. The topological polar surface area (TPSA) is 63.3 Å². The summed E-state index contributed by atoms with van der Waals surface area (Å²) in [6.45, 7) is 1.72. The van der Waals surface area contributed by atoms with Crippen LogP contribution in [0.5, 0.6) is 0 Å². The van der Waals surface area contributed by atoms with Gasteiger partial charge < -0.3 is 9.52 Å². The van der Waals surface area contributed by atoms with Crippen molar-refractivity contribution in [2.75, 3.05) is 0 Å². The molecule has 19 heavy (non-hydrogen) atoms. The molecule has 1 heterocycles.